The lowest BCUT2D eigenvalue weighted by atomic mass is 9.79. The van der Waals surface area contributed by atoms with Crippen molar-refractivity contribution < 1.29 is 4.79 Å². The summed E-state index contributed by atoms with van der Waals surface area (Å²) < 4.78 is 2.18. The lowest BCUT2D eigenvalue weighted by Gasteiger charge is -2.48. The maximum absolute atomic E-state index is 12.5. The number of carbonyl (C=O) groups is 1. The SMILES string of the molecule is Cn1cccc1CN1CC2(CCN(C(=O)c3cccnc3)C2)C1. The van der Waals surface area contributed by atoms with E-state index >= 15 is 0 Å². The summed E-state index contributed by atoms with van der Waals surface area (Å²) in [6.45, 7) is 4.93. The van der Waals surface area contributed by atoms with Gasteiger partial charge in [-0.3, -0.25) is 14.7 Å². The second-order valence-corrected chi connectivity index (χ2v) is 6.97. The number of hydrogen-bond acceptors (Lipinski definition) is 3. The van der Waals surface area contributed by atoms with Gasteiger partial charge in [0.05, 0.1) is 5.56 Å². The maximum atomic E-state index is 12.5. The van der Waals surface area contributed by atoms with E-state index in [0.29, 0.717) is 11.0 Å². The van der Waals surface area contributed by atoms with E-state index in [-0.39, 0.29) is 5.91 Å². The molecule has 4 rings (SSSR count). The molecule has 2 aliphatic heterocycles. The average molecular weight is 310 g/mol. The first-order valence-electron chi connectivity index (χ1n) is 8.17. The van der Waals surface area contributed by atoms with Gasteiger partial charge in [-0.2, -0.15) is 0 Å². The van der Waals surface area contributed by atoms with Gasteiger partial charge in [0, 0.05) is 69.5 Å². The Morgan fingerprint density at radius 3 is 2.83 bits per heavy atom. The lowest BCUT2D eigenvalue weighted by molar-refractivity contribution is 0.00126. The van der Waals surface area contributed by atoms with E-state index in [1.807, 2.05) is 17.0 Å². The van der Waals surface area contributed by atoms with Crippen LogP contribution in [0.4, 0.5) is 0 Å². The summed E-state index contributed by atoms with van der Waals surface area (Å²) in [6.07, 6.45) is 6.57. The van der Waals surface area contributed by atoms with Gasteiger partial charge in [0.25, 0.3) is 5.91 Å². The molecule has 1 spiro atoms. The van der Waals surface area contributed by atoms with Gasteiger partial charge in [0.1, 0.15) is 0 Å². The Balaban J connectivity index is 1.35. The zero-order valence-electron chi connectivity index (χ0n) is 13.5. The van der Waals surface area contributed by atoms with Crippen LogP contribution in [0.2, 0.25) is 0 Å². The van der Waals surface area contributed by atoms with E-state index in [4.69, 9.17) is 0 Å². The number of carbonyl (C=O) groups excluding carboxylic acids is 1. The van der Waals surface area contributed by atoms with Gasteiger partial charge in [-0.1, -0.05) is 0 Å². The quantitative estimate of drug-likeness (QED) is 0.867. The van der Waals surface area contributed by atoms with Crippen LogP contribution in [-0.2, 0) is 13.6 Å². The van der Waals surface area contributed by atoms with Crippen molar-refractivity contribution in [2.75, 3.05) is 26.2 Å². The third kappa shape index (κ3) is 2.65. The molecular weight excluding hydrogens is 288 g/mol. The first-order chi connectivity index (χ1) is 11.2. The van der Waals surface area contributed by atoms with E-state index in [1.165, 1.54) is 5.69 Å². The molecular formula is C18H22N4O. The number of rotatable bonds is 3. The molecule has 0 saturated carbocycles. The topological polar surface area (TPSA) is 41.4 Å². The highest BCUT2D eigenvalue weighted by atomic mass is 16.2. The van der Waals surface area contributed by atoms with E-state index in [1.54, 1.807) is 12.4 Å². The molecule has 0 N–H and O–H groups in total. The summed E-state index contributed by atoms with van der Waals surface area (Å²) in [4.78, 5) is 21.1. The van der Waals surface area contributed by atoms with Crippen molar-refractivity contribution in [2.45, 2.75) is 13.0 Å². The van der Waals surface area contributed by atoms with Crippen molar-refractivity contribution in [1.29, 1.82) is 0 Å². The highest BCUT2D eigenvalue weighted by Crippen LogP contribution is 2.40. The van der Waals surface area contributed by atoms with Crippen molar-refractivity contribution >= 4 is 5.91 Å². The van der Waals surface area contributed by atoms with Crippen molar-refractivity contribution in [3.63, 3.8) is 0 Å². The minimum Gasteiger partial charge on any atom is -0.353 e. The molecule has 4 heterocycles. The van der Waals surface area contributed by atoms with Crippen LogP contribution in [0.25, 0.3) is 0 Å². The van der Waals surface area contributed by atoms with Crippen molar-refractivity contribution in [1.82, 2.24) is 19.4 Å². The molecule has 0 unspecified atom stereocenters. The molecule has 0 radical (unpaired) electrons. The van der Waals surface area contributed by atoms with Crippen molar-refractivity contribution in [3.8, 4) is 0 Å². The van der Waals surface area contributed by atoms with Gasteiger partial charge in [0.2, 0.25) is 0 Å². The van der Waals surface area contributed by atoms with Crippen molar-refractivity contribution in [2.24, 2.45) is 12.5 Å². The lowest BCUT2D eigenvalue weighted by Crippen LogP contribution is -2.57. The van der Waals surface area contributed by atoms with Gasteiger partial charge < -0.3 is 9.47 Å². The highest BCUT2D eigenvalue weighted by Gasteiger charge is 2.48. The Hall–Kier alpha value is -2.14. The Kier molecular flexibility index (Phi) is 3.45. The van der Waals surface area contributed by atoms with Gasteiger partial charge >= 0.3 is 0 Å². The molecule has 0 bridgehead atoms. The van der Waals surface area contributed by atoms with E-state index in [0.717, 1.165) is 39.1 Å². The summed E-state index contributed by atoms with van der Waals surface area (Å²) >= 11 is 0. The molecule has 5 nitrogen and oxygen atoms in total. The summed E-state index contributed by atoms with van der Waals surface area (Å²) in [6, 6.07) is 7.94. The van der Waals surface area contributed by atoms with Gasteiger partial charge in [-0.15, -0.1) is 0 Å². The summed E-state index contributed by atoms with van der Waals surface area (Å²) in [5.74, 6) is 0.121. The first kappa shape index (κ1) is 14.5. The van der Waals surface area contributed by atoms with Gasteiger partial charge in [-0.25, -0.2) is 0 Å². The van der Waals surface area contributed by atoms with E-state index in [9.17, 15) is 4.79 Å². The Morgan fingerprint density at radius 1 is 1.26 bits per heavy atom. The fourth-order valence-corrected chi connectivity index (χ4v) is 3.94. The minimum atomic E-state index is 0.121. The standard InChI is InChI=1S/C18H22N4O/c1-20-8-3-5-16(20)11-21-12-18(13-21)6-9-22(14-18)17(23)15-4-2-7-19-10-15/h2-5,7-8,10H,6,9,11-14H2,1H3. The highest BCUT2D eigenvalue weighted by molar-refractivity contribution is 5.94. The predicted octanol–water partition coefficient (Wildman–Crippen LogP) is 1.77. The molecule has 5 heteroatoms. The number of nitrogens with zero attached hydrogens (tertiary/aromatic N) is 4. The van der Waals surface area contributed by atoms with Crippen LogP contribution in [0.1, 0.15) is 22.5 Å². The zero-order chi connectivity index (χ0) is 15.9. The van der Waals surface area contributed by atoms with Crippen molar-refractivity contribution in [3.05, 3.63) is 54.1 Å². The molecule has 23 heavy (non-hydrogen) atoms. The van der Waals surface area contributed by atoms with Crippen LogP contribution in [0, 0.1) is 5.41 Å². The van der Waals surface area contributed by atoms with Gasteiger partial charge in [-0.05, 0) is 30.7 Å². The molecule has 2 aromatic rings. The van der Waals surface area contributed by atoms with Crippen LogP contribution in [0.15, 0.2) is 42.9 Å². The summed E-state index contributed by atoms with van der Waals surface area (Å²) in [7, 11) is 2.09. The first-order valence-corrected chi connectivity index (χ1v) is 8.17. The number of aromatic nitrogens is 2. The minimum absolute atomic E-state index is 0.121. The van der Waals surface area contributed by atoms with Crippen LogP contribution in [0.5, 0.6) is 0 Å². The molecule has 120 valence electrons. The number of aryl methyl sites for hydroxylation is 1. The Labute approximate surface area is 136 Å². The average Bonchev–Trinajstić information content (AvgIpc) is 3.15. The molecule has 2 aromatic heterocycles. The molecule has 2 saturated heterocycles. The fourth-order valence-electron chi connectivity index (χ4n) is 3.94. The van der Waals surface area contributed by atoms with Crippen LogP contribution in [0.3, 0.4) is 0 Å². The molecule has 1 amide bonds. The number of pyridine rings is 1. The largest absolute Gasteiger partial charge is 0.353 e. The Morgan fingerprint density at radius 2 is 2.13 bits per heavy atom. The van der Waals surface area contributed by atoms with Crippen LogP contribution >= 0.6 is 0 Å². The van der Waals surface area contributed by atoms with E-state index < -0.39 is 0 Å². The predicted molar refractivity (Wildman–Crippen MR) is 87.9 cm³/mol. The monoisotopic (exact) mass is 310 g/mol. The molecule has 0 aliphatic carbocycles. The van der Waals surface area contributed by atoms with Crippen LogP contribution in [-0.4, -0.2) is 51.4 Å². The number of amides is 1. The molecule has 2 aliphatic rings. The third-order valence-electron chi connectivity index (χ3n) is 5.19. The maximum Gasteiger partial charge on any atom is 0.255 e. The molecule has 0 aromatic carbocycles. The summed E-state index contributed by atoms with van der Waals surface area (Å²) in [5.41, 5.74) is 2.36. The smallest absolute Gasteiger partial charge is 0.255 e. The Bertz CT molecular complexity index is 703. The number of likely N-dealkylation sites (tertiary alicyclic amines) is 2. The zero-order valence-corrected chi connectivity index (χ0v) is 13.5. The van der Waals surface area contributed by atoms with Crippen LogP contribution < -0.4 is 0 Å². The molecule has 2 fully saturated rings. The summed E-state index contributed by atoms with van der Waals surface area (Å²) in [5, 5.41) is 0. The second kappa shape index (κ2) is 5.49. The number of hydrogen-bond donors (Lipinski definition) is 0. The third-order valence-corrected chi connectivity index (χ3v) is 5.19. The van der Waals surface area contributed by atoms with E-state index in [2.05, 4.69) is 39.8 Å². The second-order valence-electron chi connectivity index (χ2n) is 6.97. The normalized spacial score (nSPS) is 20.0. The fraction of sp³-hybridized carbons (Fsp3) is 0.444. The molecule has 0 atom stereocenters. The van der Waals surface area contributed by atoms with Gasteiger partial charge in [0.15, 0.2) is 0 Å².